The molecule has 0 aromatic heterocycles. The molecule has 1 aromatic carbocycles. The van der Waals surface area contributed by atoms with Gasteiger partial charge in [0.2, 0.25) is 0 Å². The quantitative estimate of drug-likeness (QED) is 0.320. The van der Waals surface area contributed by atoms with E-state index in [-0.39, 0.29) is 24.1 Å². The van der Waals surface area contributed by atoms with E-state index in [0.717, 1.165) is 0 Å². The number of carbonyl (C=O) groups is 2. The summed E-state index contributed by atoms with van der Waals surface area (Å²) in [5.74, 6) is 1.55. The Morgan fingerprint density at radius 2 is 0.684 bits per heavy atom. The van der Waals surface area contributed by atoms with Crippen LogP contribution in [0.2, 0.25) is 0 Å². The van der Waals surface area contributed by atoms with E-state index in [9.17, 15) is 9.59 Å². The van der Waals surface area contributed by atoms with E-state index in [0.29, 0.717) is 34.8 Å². The van der Waals surface area contributed by atoms with Gasteiger partial charge in [-0.25, -0.2) is 9.59 Å². The number of rotatable bonds is 8. The maximum absolute atomic E-state index is 13.3. The van der Waals surface area contributed by atoms with E-state index in [1.54, 1.807) is 24.3 Å². The van der Waals surface area contributed by atoms with E-state index in [4.69, 9.17) is 9.47 Å². The van der Waals surface area contributed by atoms with Crippen molar-refractivity contribution < 1.29 is 19.1 Å². The molecule has 0 bridgehead atoms. The molecule has 0 heterocycles. The maximum Gasteiger partial charge on any atom is 0.338 e. The molecule has 38 heavy (non-hydrogen) atoms. The molecule has 4 fully saturated rings. The molecule has 0 radical (unpaired) electrons. The van der Waals surface area contributed by atoms with Gasteiger partial charge in [-0.15, -0.1) is 0 Å². The summed E-state index contributed by atoms with van der Waals surface area (Å²) in [6.45, 7) is 0. The third kappa shape index (κ3) is 7.21. The van der Waals surface area contributed by atoms with Crippen LogP contribution in [0.5, 0.6) is 0 Å². The normalized spacial score (nSPS) is 23.0. The van der Waals surface area contributed by atoms with Crippen LogP contribution >= 0.6 is 0 Å². The topological polar surface area (TPSA) is 52.6 Å². The third-order valence-electron chi connectivity index (χ3n) is 10.3. The van der Waals surface area contributed by atoms with Crippen LogP contribution in [0.25, 0.3) is 0 Å². The SMILES string of the molecule is O=C(OC(C1CCCCC1)C1CCCCC1)c1ccc(C(=O)OC(C2CCCCC2)C2CCCCC2)cc1. The number of hydrogen-bond acceptors (Lipinski definition) is 4. The fourth-order valence-electron chi connectivity index (χ4n) is 8.13. The molecule has 4 nitrogen and oxygen atoms in total. The van der Waals surface area contributed by atoms with Crippen LogP contribution < -0.4 is 0 Å². The van der Waals surface area contributed by atoms with Crippen LogP contribution in [-0.4, -0.2) is 24.1 Å². The van der Waals surface area contributed by atoms with Crippen molar-refractivity contribution in [1.29, 1.82) is 0 Å². The van der Waals surface area contributed by atoms with Crippen molar-refractivity contribution >= 4 is 11.9 Å². The molecule has 0 spiro atoms. The smallest absolute Gasteiger partial charge is 0.338 e. The summed E-state index contributed by atoms with van der Waals surface area (Å²) in [6.07, 6.45) is 24.8. The lowest BCUT2D eigenvalue weighted by Gasteiger charge is -2.37. The minimum Gasteiger partial charge on any atom is -0.458 e. The summed E-state index contributed by atoms with van der Waals surface area (Å²) < 4.78 is 12.6. The minimum atomic E-state index is -0.228. The zero-order chi connectivity index (χ0) is 26.2. The molecule has 0 aliphatic heterocycles. The van der Waals surface area contributed by atoms with E-state index in [2.05, 4.69) is 0 Å². The van der Waals surface area contributed by atoms with Gasteiger partial charge in [-0.05, 0) is 99.3 Å². The van der Waals surface area contributed by atoms with E-state index in [1.807, 2.05) is 0 Å². The molecule has 210 valence electrons. The Hall–Kier alpha value is -1.84. The number of carbonyl (C=O) groups excluding carboxylic acids is 2. The molecule has 5 rings (SSSR count). The van der Waals surface area contributed by atoms with Crippen molar-refractivity contribution in [3.63, 3.8) is 0 Å². The highest BCUT2D eigenvalue weighted by Crippen LogP contribution is 2.39. The monoisotopic (exact) mass is 522 g/mol. The van der Waals surface area contributed by atoms with Gasteiger partial charge in [0.25, 0.3) is 0 Å². The Kier molecular flexibility index (Phi) is 10.2. The number of benzene rings is 1. The van der Waals surface area contributed by atoms with Crippen LogP contribution in [0.15, 0.2) is 24.3 Å². The van der Waals surface area contributed by atoms with Gasteiger partial charge >= 0.3 is 11.9 Å². The fourth-order valence-corrected chi connectivity index (χ4v) is 8.13. The lowest BCUT2D eigenvalue weighted by atomic mass is 9.75. The maximum atomic E-state index is 13.3. The van der Waals surface area contributed by atoms with E-state index < -0.39 is 0 Å². The molecule has 0 N–H and O–H groups in total. The first-order valence-electron chi connectivity index (χ1n) is 16.2. The molecule has 4 heteroatoms. The number of ether oxygens (including phenoxy) is 2. The van der Waals surface area contributed by atoms with Crippen molar-refractivity contribution in [2.24, 2.45) is 23.7 Å². The second kappa shape index (κ2) is 14.0. The van der Waals surface area contributed by atoms with Gasteiger partial charge in [-0.2, -0.15) is 0 Å². The highest BCUT2D eigenvalue weighted by molar-refractivity contribution is 5.93. The van der Waals surface area contributed by atoms with Gasteiger partial charge < -0.3 is 9.47 Å². The van der Waals surface area contributed by atoms with E-state index in [1.165, 1.54) is 128 Å². The Labute approximate surface area is 230 Å². The zero-order valence-electron chi connectivity index (χ0n) is 23.5. The predicted molar refractivity (Wildman–Crippen MR) is 151 cm³/mol. The Balaban J connectivity index is 1.23. The molecule has 0 atom stereocenters. The highest BCUT2D eigenvalue weighted by atomic mass is 16.5. The van der Waals surface area contributed by atoms with Gasteiger partial charge in [-0.1, -0.05) is 77.0 Å². The first-order chi connectivity index (χ1) is 18.7. The van der Waals surface area contributed by atoms with Crippen LogP contribution in [0.4, 0.5) is 0 Å². The molecule has 0 amide bonds. The predicted octanol–water partition coefficient (Wildman–Crippen LogP) is 9.06. The van der Waals surface area contributed by atoms with Gasteiger partial charge in [-0.3, -0.25) is 0 Å². The van der Waals surface area contributed by atoms with Crippen LogP contribution in [0.3, 0.4) is 0 Å². The average molecular weight is 523 g/mol. The van der Waals surface area contributed by atoms with Crippen molar-refractivity contribution in [2.45, 2.75) is 141 Å². The van der Waals surface area contributed by atoms with Gasteiger partial charge in [0, 0.05) is 0 Å². The summed E-state index contributed by atoms with van der Waals surface area (Å²) in [7, 11) is 0. The lowest BCUT2D eigenvalue weighted by molar-refractivity contribution is -0.0241. The van der Waals surface area contributed by atoms with Crippen molar-refractivity contribution in [3.05, 3.63) is 35.4 Å². The summed E-state index contributed by atoms with van der Waals surface area (Å²) in [5, 5.41) is 0. The lowest BCUT2D eigenvalue weighted by Crippen LogP contribution is -2.36. The Bertz CT molecular complexity index is 759. The molecule has 0 unspecified atom stereocenters. The summed E-state index contributed by atoms with van der Waals surface area (Å²) in [4.78, 5) is 26.5. The molecule has 4 aliphatic rings. The molecule has 4 saturated carbocycles. The van der Waals surface area contributed by atoms with Gasteiger partial charge in [0.1, 0.15) is 12.2 Å². The van der Waals surface area contributed by atoms with Crippen LogP contribution in [0, 0.1) is 23.7 Å². The number of esters is 2. The summed E-state index contributed by atoms with van der Waals surface area (Å²) >= 11 is 0. The molecular formula is C34H50O4. The second-order valence-electron chi connectivity index (χ2n) is 12.9. The minimum absolute atomic E-state index is 0.0412. The first kappa shape index (κ1) is 27.7. The van der Waals surface area contributed by atoms with Gasteiger partial charge in [0.15, 0.2) is 0 Å². The standard InChI is InChI=1S/C34H50O4/c35-33(37-31(25-13-5-1-6-14-25)26-15-7-2-8-16-26)29-21-23-30(24-22-29)34(36)38-32(27-17-9-3-10-18-27)28-19-11-4-12-20-28/h21-28,31-32H,1-20H2. The van der Waals surface area contributed by atoms with Crippen molar-refractivity contribution in [3.8, 4) is 0 Å². The van der Waals surface area contributed by atoms with E-state index >= 15 is 0 Å². The van der Waals surface area contributed by atoms with Crippen LogP contribution in [-0.2, 0) is 9.47 Å². The summed E-state index contributed by atoms with van der Waals surface area (Å²) in [5.41, 5.74) is 1.10. The molecule has 4 aliphatic carbocycles. The molecule has 1 aromatic rings. The third-order valence-corrected chi connectivity index (χ3v) is 10.3. The number of hydrogen-bond donors (Lipinski definition) is 0. The largest absolute Gasteiger partial charge is 0.458 e. The fraction of sp³-hybridized carbons (Fsp3) is 0.765. The Morgan fingerprint density at radius 3 is 0.921 bits per heavy atom. The van der Waals surface area contributed by atoms with Gasteiger partial charge in [0.05, 0.1) is 11.1 Å². The summed E-state index contributed by atoms with van der Waals surface area (Å²) in [6, 6.07) is 7.09. The molecular weight excluding hydrogens is 472 g/mol. The Morgan fingerprint density at radius 1 is 0.447 bits per heavy atom. The van der Waals surface area contributed by atoms with Crippen LogP contribution in [0.1, 0.15) is 149 Å². The first-order valence-corrected chi connectivity index (χ1v) is 16.2. The second-order valence-corrected chi connectivity index (χ2v) is 12.9. The van der Waals surface area contributed by atoms with Crippen molar-refractivity contribution in [2.75, 3.05) is 0 Å². The zero-order valence-corrected chi connectivity index (χ0v) is 23.5. The molecule has 0 saturated heterocycles. The highest BCUT2D eigenvalue weighted by Gasteiger charge is 2.36. The van der Waals surface area contributed by atoms with Crippen molar-refractivity contribution in [1.82, 2.24) is 0 Å². The average Bonchev–Trinajstić information content (AvgIpc) is 3.00.